The summed E-state index contributed by atoms with van der Waals surface area (Å²) in [4.78, 5) is 21.6. The number of rotatable bonds is 4. The molecule has 0 radical (unpaired) electrons. The minimum Gasteiger partial charge on any atom is -0.479 e. The Labute approximate surface area is 97.8 Å². The van der Waals surface area contributed by atoms with Crippen molar-refractivity contribution in [2.45, 2.75) is 25.0 Å². The standard InChI is InChI=1S/C9H16N2O4S/c12-7(8(13)14)4-10-9(15)11-6-2-1-3-16-5-6/h6-7,12H,1-5H2,(H,13,14)(H2,10,11,15). The quantitative estimate of drug-likeness (QED) is 0.544. The van der Waals surface area contributed by atoms with Crippen LogP contribution in [-0.2, 0) is 4.79 Å². The van der Waals surface area contributed by atoms with Gasteiger partial charge < -0.3 is 20.8 Å². The summed E-state index contributed by atoms with van der Waals surface area (Å²) < 4.78 is 0. The van der Waals surface area contributed by atoms with E-state index in [1.165, 1.54) is 0 Å². The Morgan fingerprint density at radius 3 is 2.81 bits per heavy atom. The molecule has 0 aromatic carbocycles. The Morgan fingerprint density at radius 1 is 1.50 bits per heavy atom. The monoisotopic (exact) mass is 248 g/mol. The van der Waals surface area contributed by atoms with E-state index in [4.69, 9.17) is 10.2 Å². The molecule has 0 aromatic rings. The average Bonchev–Trinajstić information content (AvgIpc) is 2.27. The number of carbonyl (C=O) groups is 2. The molecule has 2 unspecified atom stereocenters. The van der Waals surface area contributed by atoms with Gasteiger partial charge in [-0.3, -0.25) is 0 Å². The first-order chi connectivity index (χ1) is 7.59. The van der Waals surface area contributed by atoms with Crippen LogP contribution in [0.3, 0.4) is 0 Å². The van der Waals surface area contributed by atoms with Gasteiger partial charge in [-0.15, -0.1) is 0 Å². The van der Waals surface area contributed by atoms with Gasteiger partial charge in [-0.25, -0.2) is 9.59 Å². The van der Waals surface area contributed by atoms with Crippen LogP contribution in [0.2, 0.25) is 0 Å². The maximum Gasteiger partial charge on any atom is 0.334 e. The van der Waals surface area contributed by atoms with Crippen molar-refractivity contribution in [2.75, 3.05) is 18.1 Å². The van der Waals surface area contributed by atoms with E-state index in [9.17, 15) is 9.59 Å². The SMILES string of the molecule is O=C(NCC(O)C(=O)O)NC1CCCSC1. The van der Waals surface area contributed by atoms with Crippen LogP contribution >= 0.6 is 11.8 Å². The molecule has 6 nitrogen and oxygen atoms in total. The van der Waals surface area contributed by atoms with E-state index >= 15 is 0 Å². The van der Waals surface area contributed by atoms with Crippen molar-refractivity contribution in [3.8, 4) is 0 Å². The van der Waals surface area contributed by atoms with Crippen molar-refractivity contribution in [3.05, 3.63) is 0 Å². The molecule has 0 saturated carbocycles. The van der Waals surface area contributed by atoms with E-state index in [-0.39, 0.29) is 12.6 Å². The smallest absolute Gasteiger partial charge is 0.334 e. The second-order valence-corrected chi connectivity index (χ2v) is 4.77. The number of nitrogens with one attached hydrogen (secondary N) is 2. The number of thioether (sulfide) groups is 1. The molecule has 1 aliphatic heterocycles. The summed E-state index contributed by atoms with van der Waals surface area (Å²) >= 11 is 1.79. The Balaban J connectivity index is 2.17. The van der Waals surface area contributed by atoms with Crippen LogP contribution in [-0.4, -0.2) is 52.4 Å². The van der Waals surface area contributed by atoms with Gasteiger partial charge in [0.2, 0.25) is 0 Å². The Kier molecular flexibility index (Phi) is 5.41. The van der Waals surface area contributed by atoms with Crippen LogP contribution in [0, 0.1) is 0 Å². The average molecular weight is 248 g/mol. The summed E-state index contributed by atoms with van der Waals surface area (Å²) in [5, 5.41) is 22.4. The first-order valence-corrected chi connectivity index (χ1v) is 6.28. The van der Waals surface area contributed by atoms with Gasteiger partial charge in [0.05, 0.1) is 6.54 Å². The van der Waals surface area contributed by atoms with E-state index in [0.717, 1.165) is 24.3 Å². The lowest BCUT2D eigenvalue weighted by molar-refractivity contribution is -0.146. The maximum absolute atomic E-state index is 11.3. The first-order valence-electron chi connectivity index (χ1n) is 5.12. The summed E-state index contributed by atoms with van der Waals surface area (Å²) in [5.41, 5.74) is 0. The highest BCUT2D eigenvalue weighted by atomic mass is 32.2. The van der Waals surface area contributed by atoms with E-state index < -0.39 is 18.1 Å². The fraction of sp³-hybridized carbons (Fsp3) is 0.778. The van der Waals surface area contributed by atoms with Crippen molar-refractivity contribution in [1.29, 1.82) is 0 Å². The Bertz CT molecular complexity index is 256. The number of amides is 2. The van der Waals surface area contributed by atoms with Gasteiger partial charge in [0, 0.05) is 11.8 Å². The summed E-state index contributed by atoms with van der Waals surface area (Å²) in [5.74, 6) is 0.667. The second kappa shape index (κ2) is 6.59. The molecular weight excluding hydrogens is 232 g/mol. The van der Waals surface area contributed by atoms with Crippen molar-refractivity contribution in [1.82, 2.24) is 10.6 Å². The summed E-state index contributed by atoms with van der Waals surface area (Å²) in [6, 6.07) is -0.284. The molecule has 0 aromatic heterocycles. The van der Waals surface area contributed by atoms with Gasteiger partial charge in [-0.2, -0.15) is 11.8 Å². The molecule has 92 valence electrons. The highest BCUT2D eigenvalue weighted by molar-refractivity contribution is 7.99. The predicted molar refractivity (Wildman–Crippen MR) is 60.5 cm³/mol. The predicted octanol–water partition coefficient (Wildman–Crippen LogP) is -0.373. The molecule has 1 heterocycles. The van der Waals surface area contributed by atoms with Crippen molar-refractivity contribution in [3.63, 3.8) is 0 Å². The number of hydrogen-bond acceptors (Lipinski definition) is 4. The zero-order valence-electron chi connectivity index (χ0n) is 8.81. The van der Waals surface area contributed by atoms with Crippen LogP contribution in [0.1, 0.15) is 12.8 Å². The second-order valence-electron chi connectivity index (χ2n) is 3.62. The van der Waals surface area contributed by atoms with Crippen LogP contribution < -0.4 is 10.6 Å². The lowest BCUT2D eigenvalue weighted by atomic mass is 10.2. The zero-order valence-corrected chi connectivity index (χ0v) is 9.63. The number of carboxylic acid groups (broad SMARTS) is 1. The number of carboxylic acids is 1. The molecule has 16 heavy (non-hydrogen) atoms. The molecule has 0 spiro atoms. The molecule has 0 aliphatic carbocycles. The molecule has 1 saturated heterocycles. The molecule has 2 amide bonds. The van der Waals surface area contributed by atoms with E-state index in [1.54, 1.807) is 11.8 Å². The molecular formula is C9H16N2O4S. The minimum atomic E-state index is -1.55. The van der Waals surface area contributed by atoms with Gasteiger partial charge in [0.25, 0.3) is 0 Å². The maximum atomic E-state index is 11.3. The van der Waals surface area contributed by atoms with Crippen molar-refractivity contribution in [2.24, 2.45) is 0 Å². The van der Waals surface area contributed by atoms with Crippen molar-refractivity contribution < 1.29 is 19.8 Å². The molecule has 1 rings (SSSR count). The third-order valence-corrected chi connectivity index (χ3v) is 3.45. The highest BCUT2D eigenvalue weighted by Crippen LogP contribution is 2.16. The molecule has 1 fully saturated rings. The fourth-order valence-electron chi connectivity index (χ4n) is 1.37. The van der Waals surface area contributed by atoms with Crippen LogP contribution in [0.15, 0.2) is 0 Å². The molecule has 0 bridgehead atoms. The summed E-state index contributed by atoms with van der Waals surface area (Å²) in [6.45, 7) is -0.277. The van der Waals surface area contributed by atoms with Crippen LogP contribution in [0.25, 0.3) is 0 Å². The summed E-state index contributed by atoms with van der Waals surface area (Å²) in [7, 11) is 0. The topological polar surface area (TPSA) is 98.7 Å². The third-order valence-electron chi connectivity index (χ3n) is 2.24. The van der Waals surface area contributed by atoms with Gasteiger partial charge in [-0.1, -0.05) is 0 Å². The number of aliphatic carboxylic acids is 1. The number of aliphatic hydroxyl groups excluding tert-OH is 1. The zero-order chi connectivity index (χ0) is 12.0. The van der Waals surface area contributed by atoms with Crippen LogP contribution in [0.5, 0.6) is 0 Å². The Morgan fingerprint density at radius 2 is 2.25 bits per heavy atom. The summed E-state index contributed by atoms with van der Waals surface area (Å²) in [6.07, 6.45) is 0.474. The minimum absolute atomic E-state index is 0.140. The lowest BCUT2D eigenvalue weighted by Crippen LogP contribution is -2.47. The largest absolute Gasteiger partial charge is 0.479 e. The molecule has 2 atom stereocenters. The third kappa shape index (κ3) is 4.71. The Hall–Kier alpha value is -0.950. The van der Waals surface area contributed by atoms with E-state index in [1.807, 2.05) is 0 Å². The molecule has 4 N–H and O–H groups in total. The fourth-order valence-corrected chi connectivity index (χ4v) is 2.44. The van der Waals surface area contributed by atoms with Gasteiger partial charge in [-0.05, 0) is 18.6 Å². The normalized spacial score (nSPS) is 22.2. The van der Waals surface area contributed by atoms with E-state index in [2.05, 4.69) is 10.6 Å². The molecule has 7 heteroatoms. The molecule has 1 aliphatic rings. The van der Waals surface area contributed by atoms with Gasteiger partial charge in [0.1, 0.15) is 0 Å². The van der Waals surface area contributed by atoms with Crippen molar-refractivity contribution >= 4 is 23.8 Å². The highest BCUT2D eigenvalue weighted by Gasteiger charge is 2.18. The number of carbonyl (C=O) groups excluding carboxylic acids is 1. The van der Waals surface area contributed by atoms with Gasteiger partial charge >= 0.3 is 12.0 Å². The number of hydrogen-bond donors (Lipinski definition) is 4. The first kappa shape index (κ1) is 13.1. The lowest BCUT2D eigenvalue weighted by Gasteiger charge is -2.22. The van der Waals surface area contributed by atoms with E-state index in [0.29, 0.717) is 0 Å². The van der Waals surface area contributed by atoms with Gasteiger partial charge in [0.15, 0.2) is 6.10 Å². The number of aliphatic hydroxyl groups is 1. The van der Waals surface area contributed by atoms with Crippen LogP contribution in [0.4, 0.5) is 4.79 Å². The number of urea groups is 1.